The Labute approximate surface area is 191 Å². The summed E-state index contributed by atoms with van der Waals surface area (Å²) >= 11 is 0. The zero-order valence-corrected chi connectivity index (χ0v) is 18.6. The van der Waals surface area contributed by atoms with Gasteiger partial charge in [0, 0.05) is 29.5 Å². The fourth-order valence-corrected chi connectivity index (χ4v) is 3.06. The van der Waals surface area contributed by atoms with Crippen molar-refractivity contribution in [2.24, 2.45) is 0 Å². The summed E-state index contributed by atoms with van der Waals surface area (Å²) in [7, 11) is 3.66. The van der Waals surface area contributed by atoms with Crippen LogP contribution in [0.1, 0.15) is 29.4 Å². The highest BCUT2D eigenvalue weighted by molar-refractivity contribution is 6.02. The molecule has 1 unspecified atom stereocenters. The van der Waals surface area contributed by atoms with Gasteiger partial charge >= 0.3 is 5.97 Å². The lowest BCUT2D eigenvalue weighted by atomic mass is 10.0. The van der Waals surface area contributed by atoms with Crippen molar-refractivity contribution in [2.45, 2.75) is 18.9 Å². The number of nitrogens with zero attached hydrogens (tertiary/aromatic N) is 3. The van der Waals surface area contributed by atoms with E-state index in [0.717, 1.165) is 0 Å². The number of esters is 1. The van der Waals surface area contributed by atoms with Gasteiger partial charge in [0.2, 0.25) is 0 Å². The molecule has 0 fully saturated rings. The van der Waals surface area contributed by atoms with Crippen LogP contribution in [0.5, 0.6) is 0 Å². The molecule has 1 atom stereocenters. The molecule has 0 aliphatic heterocycles. The maximum atomic E-state index is 14.5. The first-order valence-electron chi connectivity index (χ1n) is 10.4. The monoisotopic (exact) mass is 449 g/mol. The molecule has 8 heteroatoms. The molecular formula is C25H24FN3O4. The standard InChI is InChI=1S/C25H24FN3O4/c1-4-33-24(31)22-19-9-6-10-20(26)21(19)27-23(28-22)18-8-5-7-17(15-18)11-12-25(32,16-30)13-14-29(2)3/h5-10,15-16,32H,4,13-14H2,1-3H3. The molecule has 0 bridgehead atoms. The van der Waals surface area contributed by atoms with Crippen LogP contribution in [-0.2, 0) is 9.53 Å². The van der Waals surface area contributed by atoms with Crippen molar-refractivity contribution in [1.82, 2.24) is 14.9 Å². The van der Waals surface area contributed by atoms with E-state index in [1.807, 2.05) is 19.0 Å². The van der Waals surface area contributed by atoms with Crippen molar-refractivity contribution >= 4 is 23.2 Å². The molecule has 0 radical (unpaired) electrons. The van der Waals surface area contributed by atoms with Crippen molar-refractivity contribution in [3.63, 3.8) is 0 Å². The number of ether oxygens (including phenoxy) is 1. The zero-order chi connectivity index (χ0) is 24.0. The Kier molecular flexibility index (Phi) is 7.48. The summed E-state index contributed by atoms with van der Waals surface area (Å²) in [5.74, 6) is 4.28. The fraction of sp³-hybridized carbons (Fsp3) is 0.280. The number of halogens is 1. The number of aldehydes is 1. The molecule has 0 aliphatic carbocycles. The van der Waals surface area contributed by atoms with Gasteiger partial charge in [0.15, 0.2) is 23.4 Å². The fourth-order valence-electron chi connectivity index (χ4n) is 3.06. The first kappa shape index (κ1) is 24.0. The van der Waals surface area contributed by atoms with E-state index < -0.39 is 17.4 Å². The lowest BCUT2D eigenvalue weighted by molar-refractivity contribution is -0.119. The summed E-state index contributed by atoms with van der Waals surface area (Å²) in [6, 6.07) is 11.0. The maximum absolute atomic E-state index is 14.5. The zero-order valence-electron chi connectivity index (χ0n) is 18.6. The summed E-state index contributed by atoms with van der Waals surface area (Å²) in [4.78, 5) is 34.3. The molecule has 3 aromatic rings. The Balaban J connectivity index is 2.04. The molecule has 0 aliphatic rings. The van der Waals surface area contributed by atoms with Crippen molar-refractivity contribution in [2.75, 3.05) is 27.2 Å². The topological polar surface area (TPSA) is 92.6 Å². The smallest absolute Gasteiger partial charge is 0.357 e. The quantitative estimate of drug-likeness (QED) is 0.337. The number of hydrogen-bond donors (Lipinski definition) is 1. The molecule has 1 heterocycles. The molecule has 1 N–H and O–H groups in total. The third kappa shape index (κ3) is 5.77. The van der Waals surface area contributed by atoms with Gasteiger partial charge in [-0.05, 0) is 39.2 Å². The number of para-hydroxylation sites is 1. The molecule has 0 saturated heterocycles. The van der Waals surface area contributed by atoms with E-state index in [1.54, 1.807) is 37.3 Å². The number of carbonyl (C=O) groups excluding carboxylic acids is 2. The van der Waals surface area contributed by atoms with Gasteiger partial charge in [0.05, 0.1) is 6.61 Å². The number of rotatable bonds is 7. The van der Waals surface area contributed by atoms with Gasteiger partial charge < -0.3 is 14.7 Å². The number of carbonyl (C=O) groups is 2. The van der Waals surface area contributed by atoms with E-state index >= 15 is 0 Å². The molecule has 33 heavy (non-hydrogen) atoms. The summed E-state index contributed by atoms with van der Waals surface area (Å²) < 4.78 is 19.6. The molecule has 2 aromatic carbocycles. The first-order valence-corrected chi connectivity index (χ1v) is 10.4. The highest BCUT2D eigenvalue weighted by atomic mass is 19.1. The number of aromatic nitrogens is 2. The van der Waals surface area contributed by atoms with Crippen LogP contribution in [0, 0.1) is 17.7 Å². The van der Waals surface area contributed by atoms with E-state index in [4.69, 9.17) is 4.74 Å². The SMILES string of the molecule is CCOC(=O)c1nc(-c2cccc(C#CC(O)(C=O)CCN(C)C)c2)nc2c(F)cccc12. The van der Waals surface area contributed by atoms with Gasteiger partial charge in [0.1, 0.15) is 11.3 Å². The van der Waals surface area contributed by atoms with Crippen LogP contribution in [0.15, 0.2) is 42.5 Å². The molecule has 0 saturated carbocycles. The van der Waals surface area contributed by atoms with Gasteiger partial charge in [-0.25, -0.2) is 19.2 Å². The molecule has 0 amide bonds. The molecule has 170 valence electrons. The molecule has 7 nitrogen and oxygen atoms in total. The Morgan fingerprint density at radius 3 is 2.70 bits per heavy atom. The Morgan fingerprint density at radius 2 is 2.00 bits per heavy atom. The van der Waals surface area contributed by atoms with E-state index in [2.05, 4.69) is 21.8 Å². The molecule has 3 rings (SSSR count). The van der Waals surface area contributed by atoms with E-state index in [0.29, 0.717) is 24.0 Å². The highest BCUT2D eigenvalue weighted by Crippen LogP contribution is 2.25. The predicted molar refractivity (Wildman–Crippen MR) is 122 cm³/mol. The second-order valence-corrected chi connectivity index (χ2v) is 7.68. The van der Waals surface area contributed by atoms with Crippen LogP contribution in [0.25, 0.3) is 22.3 Å². The van der Waals surface area contributed by atoms with Crippen LogP contribution in [0.4, 0.5) is 4.39 Å². The number of fused-ring (bicyclic) bond motifs is 1. The summed E-state index contributed by atoms with van der Waals surface area (Å²) in [5, 5.41) is 10.7. The van der Waals surface area contributed by atoms with Crippen LogP contribution >= 0.6 is 0 Å². The Hall–Kier alpha value is -3.67. The van der Waals surface area contributed by atoms with Gasteiger partial charge in [-0.1, -0.05) is 36.1 Å². The Bertz CT molecular complexity index is 1250. The van der Waals surface area contributed by atoms with Gasteiger partial charge in [0.25, 0.3) is 0 Å². The molecule has 1 aromatic heterocycles. The van der Waals surface area contributed by atoms with E-state index in [1.165, 1.54) is 12.1 Å². The number of aliphatic hydroxyl groups is 1. The average molecular weight is 449 g/mol. The average Bonchev–Trinajstić information content (AvgIpc) is 2.81. The van der Waals surface area contributed by atoms with Crippen LogP contribution in [0.2, 0.25) is 0 Å². The van der Waals surface area contributed by atoms with Crippen LogP contribution < -0.4 is 0 Å². The van der Waals surface area contributed by atoms with Crippen molar-refractivity contribution in [3.8, 4) is 23.2 Å². The van der Waals surface area contributed by atoms with E-state index in [-0.39, 0.29) is 35.4 Å². The summed E-state index contributed by atoms with van der Waals surface area (Å²) in [5.41, 5.74) is -0.833. The third-order valence-corrected chi connectivity index (χ3v) is 4.83. The summed E-state index contributed by atoms with van der Waals surface area (Å²) in [6.07, 6.45) is 0.584. The highest BCUT2D eigenvalue weighted by Gasteiger charge is 2.23. The van der Waals surface area contributed by atoms with E-state index in [9.17, 15) is 19.1 Å². The minimum absolute atomic E-state index is 0.000978. The second-order valence-electron chi connectivity index (χ2n) is 7.68. The predicted octanol–water partition coefficient (Wildman–Crippen LogP) is 2.85. The van der Waals surface area contributed by atoms with Crippen LogP contribution in [0.3, 0.4) is 0 Å². The molecular weight excluding hydrogens is 425 g/mol. The lowest BCUT2D eigenvalue weighted by Crippen LogP contribution is -2.33. The summed E-state index contributed by atoms with van der Waals surface area (Å²) in [6.45, 7) is 2.30. The van der Waals surface area contributed by atoms with Gasteiger partial charge in [-0.2, -0.15) is 0 Å². The lowest BCUT2D eigenvalue weighted by Gasteiger charge is -2.17. The normalized spacial score (nSPS) is 12.7. The first-order chi connectivity index (χ1) is 15.8. The minimum atomic E-state index is -1.78. The van der Waals surface area contributed by atoms with Crippen molar-refractivity contribution in [1.29, 1.82) is 0 Å². The van der Waals surface area contributed by atoms with Gasteiger partial charge in [-0.15, -0.1) is 0 Å². The number of hydrogen-bond acceptors (Lipinski definition) is 7. The van der Waals surface area contributed by atoms with Crippen molar-refractivity contribution in [3.05, 3.63) is 59.5 Å². The molecule has 0 spiro atoms. The largest absolute Gasteiger partial charge is 0.461 e. The van der Waals surface area contributed by atoms with Crippen LogP contribution in [-0.4, -0.2) is 65.1 Å². The Morgan fingerprint density at radius 1 is 1.24 bits per heavy atom. The van der Waals surface area contributed by atoms with Gasteiger partial charge in [-0.3, -0.25) is 4.79 Å². The van der Waals surface area contributed by atoms with Crippen molar-refractivity contribution < 1.29 is 23.8 Å². The minimum Gasteiger partial charge on any atom is -0.461 e. The third-order valence-electron chi connectivity index (χ3n) is 4.83. The maximum Gasteiger partial charge on any atom is 0.357 e. The second kappa shape index (κ2) is 10.3. The number of benzene rings is 2.